The summed E-state index contributed by atoms with van der Waals surface area (Å²) < 4.78 is 5.59. The maximum atomic E-state index is 13.0. The van der Waals surface area contributed by atoms with E-state index in [0.29, 0.717) is 17.3 Å². The van der Waals surface area contributed by atoms with Gasteiger partial charge in [-0.25, -0.2) is 9.78 Å². The molecule has 6 heteroatoms. The first-order chi connectivity index (χ1) is 12.6. The third-order valence-corrected chi connectivity index (χ3v) is 4.47. The zero-order valence-corrected chi connectivity index (χ0v) is 16.6. The van der Waals surface area contributed by atoms with Crippen LogP contribution in [0.3, 0.4) is 0 Å². The van der Waals surface area contributed by atoms with Gasteiger partial charge < -0.3 is 4.74 Å². The fourth-order valence-corrected chi connectivity index (χ4v) is 2.83. The minimum absolute atomic E-state index is 0.224. The van der Waals surface area contributed by atoms with Gasteiger partial charge in [-0.05, 0) is 37.1 Å². The van der Waals surface area contributed by atoms with Crippen molar-refractivity contribution in [1.29, 1.82) is 0 Å². The van der Waals surface area contributed by atoms with E-state index in [9.17, 15) is 9.59 Å². The summed E-state index contributed by atoms with van der Waals surface area (Å²) in [7, 11) is 0. The summed E-state index contributed by atoms with van der Waals surface area (Å²) >= 11 is 3.35. The predicted octanol–water partition coefficient (Wildman–Crippen LogP) is 5.34. The van der Waals surface area contributed by atoms with Crippen LogP contribution in [0.15, 0.2) is 48.5 Å². The number of carbonyl (C=O) groups is 2. The fraction of sp³-hybridized carbons (Fsp3) is 0.350. The molecular weight excluding hydrogens is 396 g/mol. The van der Waals surface area contributed by atoms with Crippen LogP contribution in [0.2, 0.25) is 0 Å². The summed E-state index contributed by atoms with van der Waals surface area (Å²) in [6.45, 7) is 3.99. The molecule has 0 saturated heterocycles. The molecule has 5 nitrogen and oxygen atoms in total. The van der Waals surface area contributed by atoms with E-state index in [2.05, 4.69) is 20.9 Å². The quantitative estimate of drug-likeness (QED) is 0.569. The first kappa shape index (κ1) is 20.1. The Bertz CT molecular complexity index is 737. The smallest absolute Gasteiger partial charge is 0.423 e. The number of hydrogen-bond donors (Lipinski definition) is 0. The van der Waals surface area contributed by atoms with E-state index in [1.807, 2.05) is 26.0 Å². The van der Waals surface area contributed by atoms with Gasteiger partial charge in [0.15, 0.2) is 0 Å². The van der Waals surface area contributed by atoms with Crippen LogP contribution in [0, 0.1) is 0 Å². The van der Waals surface area contributed by atoms with Crippen LogP contribution in [0.1, 0.15) is 49.2 Å². The lowest BCUT2D eigenvalue weighted by atomic mass is 10.1. The van der Waals surface area contributed by atoms with Crippen LogP contribution in [-0.2, 0) is 10.1 Å². The van der Waals surface area contributed by atoms with E-state index in [1.54, 1.807) is 36.4 Å². The largest absolute Gasteiger partial charge is 0.446 e. The SMILES string of the molecule is CCCC(CC)OC(=O)N(C(=O)c1ccccc1)c1cccc(CBr)n1. The Balaban J connectivity index is 2.37. The molecule has 0 radical (unpaired) electrons. The van der Waals surface area contributed by atoms with Gasteiger partial charge >= 0.3 is 6.09 Å². The van der Waals surface area contributed by atoms with E-state index >= 15 is 0 Å². The molecule has 0 saturated carbocycles. The number of benzene rings is 1. The van der Waals surface area contributed by atoms with Crippen molar-refractivity contribution in [3.05, 3.63) is 59.8 Å². The monoisotopic (exact) mass is 418 g/mol. The summed E-state index contributed by atoms with van der Waals surface area (Å²) in [5.74, 6) is -0.201. The molecule has 26 heavy (non-hydrogen) atoms. The summed E-state index contributed by atoms with van der Waals surface area (Å²) in [5, 5.41) is 0.524. The number of imide groups is 1. The lowest BCUT2D eigenvalue weighted by Gasteiger charge is -2.23. The number of nitrogens with zero attached hydrogens (tertiary/aromatic N) is 2. The second-order valence-electron chi connectivity index (χ2n) is 5.83. The number of pyridine rings is 1. The average molecular weight is 419 g/mol. The highest BCUT2D eigenvalue weighted by atomic mass is 79.9. The van der Waals surface area contributed by atoms with Crippen molar-refractivity contribution < 1.29 is 14.3 Å². The Morgan fingerprint density at radius 3 is 2.46 bits per heavy atom. The number of anilines is 1. The second kappa shape index (κ2) is 10.1. The number of rotatable bonds is 7. The molecule has 1 atom stereocenters. The molecule has 2 rings (SSSR count). The molecule has 0 spiro atoms. The fourth-order valence-electron chi connectivity index (χ4n) is 2.52. The summed E-state index contributed by atoms with van der Waals surface area (Å²) in [5.41, 5.74) is 1.13. The minimum atomic E-state index is -0.696. The van der Waals surface area contributed by atoms with Gasteiger partial charge in [0.2, 0.25) is 0 Å². The molecule has 0 N–H and O–H groups in total. The van der Waals surface area contributed by atoms with Crippen LogP contribution in [0.4, 0.5) is 10.6 Å². The summed E-state index contributed by atoms with van der Waals surface area (Å²) in [4.78, 5) is 31.2. The lowest BCUT2D eigenvalue weighted by Crippen LogP contribution is -2.40. The Hall–Kier alpha value is -2.21. The van der Waals surface area contributed by atoms with Gasteiger partial charge in [-0.15, -0.1) is 0 Å². The van der Waals surface area contributed by atoms with Crippen molar-refractivity contribution in [2.75, 3.05) is 4.90 Å². The Kier molecular flexibility index (Phi) is 7.78. The number of aromatic nitrogens is 1. The number of halogens is 1. The molecule has 1 heterocycles. The van der Waals surface area contributed by atoms with Gasteiger partial charge in [-0.1, -0.05) is 60.5 Å². The standard InChI is InChI=1S/C20H23BrN2O3/c1-3-9-17(4-2)26-20(25)23(18-13-8-12-16(14-21)22-18)19(24)15-10-6-5-7-11-15/h5-8,10-13,17H,3-4,9,14H2,1-2H3. The predicted molar refractivity (Wildman–Crippen MR) is 106 cm³/mol. The lowest BCUT2D eigenvalue weighted by molar-refractivity contribution is 0.0849. The van der Waals surface area contributed by atoms with E-state index < -0.39 is 12.0 Å². The Morgan fingerprint density at radius 2 is 1.85 bits per heavy atom. The molecular formula is C20H23BrN2O3. The van der Waals surface area contributed by atoms with Crippen LogP contribution in [0.25, 0.3) is 0 Å². The molecule has 0 aliphatic heterocycles. The van der Waals surface area contributed by atoms with E-state index in [4.69, 9.17) is 4.74 Å². The maximum Gasteiger partial charge on any atom is 0.423 e. The van der Waals surface area contributed by atoms with Gasteiger partial charge in [-0.3, -0.25) is 4.79 Å². The third kappa shape index (κ3) is 5.14. The number of hydrogen-bond acceptors (Lipinski definition) is 4. The van der Waals surface area contributed by atoms with E-state index in [1.165, 1.54) is 0 Å². The van der Waals surface area contributed by atoms with Crippen molar-refractivity contribution in [1.82, 2.24) is 4.98 Å². The maximum absolute atomic E-state index is 13.0. The highest BCUT2D eigenvalue weighted by Crippen LogP contribution is 2.19. The van der Waals surface area contributed by atoms with Crippen LogP contribution >= 0.6 is 15.9 Å². The van der Waals surface area contributed by atoms with Crippen LogP contribution in [-0.4, -0.2) is 23.1 Å². The molecule has 0 fully saturated rings. The number of carbonyl (C=O) groups excluding carboxylic acids is 2. The van der Waals surface area contributed by atoms with Gasteiger partial charge in [0, 0.05) is 10.9 Å². The molecule has 1 aromatic heterocycles. The second-order valence-corrected chi connectivity index (χ2v) is 6.39. The van der Waals surface area contributed by atoms with E-state index in [0.717, 1.165) is 23.4 Å². The zero-order chi connectivity index (χ0) is 18.9. The van der Waals surface area contributed by atoms with Crippen molar-refractivity contribution >= 4 is 33.7 Å². The minimum Gasteiger partial charge on any atom is -0.446 e. The first-order valence-corrected chi connectivity index (χ1v) is 9.84. The molecule has 138 valence electrons. The molecule has 0 aliphatic carbocycles. The van der Waals surface area contributed by atoms with Gasteiger partial charge in [0.1, 0.15) is 11.9 Å². The Morgan fingerprint density at radius 1 is 1.12 bits per heavy atom. The molecule has 0 aliphatic rings. The van der Waals surface area contributed by atoms with Gasteiger partial charge in [0.25, 0.3) is 5.91 Å². The number of amides is 2. The molecule has 1 unspecified atom stereocenters. The molecule has 2 amide bonds. The molecule has 1 aromatic carbocycles. The van der Waals surface area contributed by atoms with Gasteiger partial charge in [0.05, 0.1) is 5.69 Å². The average Bonchev–Trinajstić information content (AvgIpc) is 2.68. The van der Waals surface area contributed by atoms with Crippen molar-refractivity contribution in [2.24, 2.45) is 0 Å². The third-order valence-electron chi connectivity index (χ3n) is 3.90. The summed E-state index contributed by atoms with van der Waals surface area (Å²) in [6.07, 6.45) is 1.43. The van der Waals surface area contributed by atoms with Gasteiger partial charge in [-0.2, -0.15) is 4.90 Å². The van der Waals surface area contributed by atoms with Crippen LogP contribution < -0.4 is 4.90 Å². The Labute approximate surface area is 162 Å². The van der Waals surface area contributed by atoms with Crippen molar-refractivity contribution in [3.8, 4) is 0 Å². The van der Waals surface area contributed by atoms with E-state index in [-0.39, 0.29) is 11.9 Å². The highest BCUT2D eigenvalue weighted by Gasteiger charge is 2.29. The first-order valence-electron chi connectivity index (χ1n) is 8.72. The van der Waals surface area contributed by atoms with Crippen LogP contribution in [0.5, 0.6) is 0 Å². The normalized spacial score (nSPS) is 11.7. The topological polar surface area (TPSA) is 59.5 Å². The zero-order valence-electron chi connectivity index (χ0n) is 15.0. The highest BCUT2D eigenvalue weighted by molar-refractivity contribution is 9.08. The molecule has 0 bridgehead atoms. The molecule has 2 aromatic rings. The summed E-state index contributed by atoms with van der Waals surface area (Å²) in [6, 6.07) is 13.9. The number of alkyl halides is 1. The van der Waals surface area contributed by atoms with Crippen molar-refractivity contribution in [3.63, 3.8) is 0 Å². The van der Waals surface area contributed by atoms with Crippen molar-refractivity contribution in [2.45, 2.75) is 44.5 Å². The number of ether oxygens (including phenoxy) is 1.